The molecule has 2 heterocycles. The number of ketones is 1. The molecule has 1 aliphatic carbocycles. The maximum Gasteiger partial charge on any atom is 0.231 e. The van der Waals surface area contributed by atoms with E-state index in [1.165, 1.54) is 5.56 Å². The van der Waals surface area contributed by atoms with Gasteiger partial charge in [0, 0.05) is 17.7 Å². The Morgan fingerprint density at radius 1 is 1.06 bits per heavy atom. The van der Waals surface area contributed by atoms with E-state index in [4.69, 9.17) is 19.2 Å². The van der Waals surface area contributed by atoms with Gasteiger partial charge in [-0.2, -0.15) is 0 Å². The smallest absolute Gasteiger partial charge is 0.231 e. The largest absolute Gasteiger partial charge is 0.496 e. The van der Waals surface area contributed by atoms with E-state index >= 15 is 0 Å². The Labute approximate surface area is 188 Å². The molecule has 1 fully saturated rings. The Bertz CT molecular complexity index is 1180. The first kappa shape index (κ1) is 20.6. The summed E-state index contributed by atoms with van der Waals surface area (Å²) >= 11 is 0. The lowest BCUT2D eigenvalue weighted by Crippen LogP contribution is -2.23. The predicted octanol–water partition coefficient (Wildman–Crippen LogP) is 5.45. The monoisotopic (exact) mass is 429 g/mol. The summed E-state index contributed by atoms with van der Waals surface area (Å²) in [5.74, 6) is 2.84. The molecular formula is C27H27NO4. The molecule has 5 nitrogen and oxygen atoms in total. The van der Waals surface area contributed by atoms with Crippen LogP contribution in [-0.2, 0) is 16.6 Å². The maximum atomic E-state index is 13.4. The van der Waals surface area contributed by atoms with Gasteiger partial charge >= 0.3 is 0 Å². The molecule has 0 spiro atoms. The molecule has 0 atom stereocenters. The second-order valence-electron chi connectivity index (χ2n) is 8.88. The number of fused-ring (bicyclic) bond motifs is 1. The van der Waals surface area contributed by atoms with Crippen LogP contribution in [0.25, 0.3) is 11.3 Å². The fourth-order valence-corrected chi connectivity index (χ4v) is 4.39. The highest BCUT2D eigenvalue weighted by atomic mass is 16.7. The van der Waals surface area contributed by atoms with Gasteiger partial charge in [-0.25, -0.2) is 0 Å². The highest BCUT2D eigenvalue weighted by molar-refractivity contribution is 5.94. The number of hydrogen-bond donors (Lipinski definition) is 0. The quantitative estimate of drug-likeness (QED) is 0.500. The van der Waals surface area contributed by atoms with Gasteiger partial charge in [0.2, 0.25) is 6.79 Å². The zero-order chi connectivity index (χ0) is 22.3. The minimum absolute atomic E-state index is 0.198. The van der Waals surface area contributed by atoms with Crippen LogP contribution in [0.15, 0.2) is 54.6 Å². The lowest BCUT2D eigenvalue weighted by molar-refractivity contribution is -0.120. The molecular weight excluding hydrogens is 402 g/mol. The minimum Gasteiger partial charge on any atom is -0.496 e. The number of ether oxygens (including phenoxy) is 3. The number of carbonyl (C=O) groups is 1. The fraction of sp³-hybridized carbons (Fsp3) is 0.333. The number of rotatable bonds is 7. The number of benzene rings is 2. The molecule has 1 aliphatic heterocycles. The van der Waals surface area contributed by atoms with Crippen molar-refractivity contribution >= 4 is 5.78 Å². The number of aromatic nitrogens is 1. The first-order valence-corrected chi connectivity index (χ1v) is 11.1. The SMILES string of the molecule is COc1ccc(C(C)C)cc1-c1cccc(CC(=O)C2(c3ccc4c(c3)OCO4)CC2)n1. The van der Waals surface area contributed by atoms with E-state index in [9.17, 15) is 4.79 Å². The van der Waals surface area contributed by atoms with Crippen LogP contribution >= 0.6 is 0 Å². The molecule has 2 aromatic carbocycles. The molecule has 0 N–H and O–H groups in total. The van der Waals surface area contributed by atoms with E-state index < -0.39 is 5.41 Å². The van der Waals surface area contributed by atoms with E-state index in [0.29, 0.717) is 12.3 Å². The van der Waals surface area contributed by atoms with E-state index in [0.717, 1.165) is 52.6 Å². The van der Waals surface area contributed by atoms with Crippen LogP contribution in [0.2, 0.25) is 0 Å². The average molecular weight is 430 g/mol. The highest BCUT2D eigenvalue weighted by Gasteiger charge is 2.51. The first-order chi connectivity index (χ1) is 15.5. The fourth-order valence-electron chi connectivity index (χ4n) is 4.39. The Kier molecular flexibility index (Phi) is 5.12. The van der Waals surface area contributed by atoms with Crippen molar-refractivity contribution in [2.24, 2.45) is 0 Å². The second-order valence-corrected chi connectivity index (χ2v) is 8.88. The summed E-state index contributed by atoms with van der Waals surface area (Å²) in [4.78, 5) is 18.2. The van der Waals surface area contributed by atoms with Crippen LogP contribution in [0, 0.1) is 0 Å². The maximum absolute atomic E-state index is 13.4. The molecule has 3 aromatic rings. The topological polar surface area (TPSA) is 57.7 Å². The highest BCUT2D eigenvalue weighted by Crippen LogP contribution is 2.51. The van der Waals surface area contributed by atoms with Gasteiger partial charge in [0.05, 0.1) is 18.2 Å². The molecule has 32 heavy (non-hydrogen) atoms. The summed E-state index contributed by atoms with van der Waals surface area (Å²) in [6.45, 7) is 4.57. The van der Waals surface area contributed by atoms with Gasteiger partial charge in [-0.05, 0) is 66.3 Å². The van der Waals surface area contributed by atoms with E-state index in [1.807, 2.05) is 42.5 Å². The summed E-state index contributed by atoms with van der Waals surface area (Å²) in [6, 6.07) is 17.9. The lowest BCUT2D eigenvalue weighted by atomic mass is 9.88. The van der Waals surface area contributed by atoms with Crippen molar-refractivity contribution in [3.63, 3.8) is 0 Å². The first-order valence-electron chi connectivity index (χ1n) is 11.1. The van der Waals surface area contributed by atoms with Gasteiger partial charge in [-0.15, -0.1) is 0 Å². The van der Waals surface area contributed by atoms with Gasteiger partial charge in [-0.3, -0.25) is 9.78 Å². The Hall–Kier alpha value is -3.34. The lowest BCUT2D eigenvalue weighted by Gasteiger charge is -2.16. The molecule has 5 rings (SSSR count). The van der Waals surface area contributed by atoms with Gasteiger partial charge < -0.3 is 14.2 Å². The Morgan fingerprint density at radius 2 is 1.88 bits per heavy atom. The minimum atomic E-state index is -0.437. The third kappa shape index (κ3) is 3.62. The second kappa shape index (κ2) is 7.97. The number of pyridine rings is 1. The summed E-state index contributed by atoms with van der Waals surface area (Å²) in [5, 5.41) is 0. The van der Waals surface area contributed by atoms with E-state index in [1.54, 1.807) is 7.11 Å². The number of hydrogen-bond acceptors (Lipinski definition) is 5. The van der Waals surface area contributed by atoms with Gasteiger partial charge in [-0.1, -0.05) is 32.0 Å². The van der Waals surface area contributed by atoms with Crippen LogP contribution in [-0.4, -0.2) is 24.7 Å². The van der Waals surface area contributed by atoms with Gasteiger partial charge in [0.15, 0.2) is 11.5 Å². The summed E-state index contributed by atoms with van der Waals surface area (Å²) in [5.41, 5.74) is 4.34. The molecule has 0 amide bonds. The van der Waals surface area contributed by atoms with Crippen molar-refractivity contribution in [2.45, 2.75) is 44.4 Å². The molecule has 1 aromatic heterocycles. The molecule has 1 saturated carbocycles. The Morgan fingerprint density at radius 3 is 2.62 bits per heavy atom. The third-order valence-corrected chi connectivity index (χ3v) is 6.52. The van der Waals surface area contributed by atoms with E-state index in [2.05, 4.69) is 26.0 Å². The van der Waals surface area contributed by atoms with Gasteiger partial charge in [0.25, 0.3) is 0 Å². The Balaban J connectivity index is 1.41. The number of carbonyl (C=O) groups excluding carboxylic acids is 1. The predicted molar refractivity (Wildman–Crippen MR) is 123 cm³/mol. The van der Waals surface area contributed by atoms with Crippen LogP contribution < -0.4 is 14.2 Å². The number of methoxy groups -OCH3 is 1. The van der Waals surface area contributed by atoms with Crippen molar-refractivity contribution in [3.8, 4) is 28.5 Å². The third-order valence-electron chi connectivity index (χ3n) is 6.52. The molecule has 0 unspecified atom stereocenters. The number of Topliss-reactive ketones (excluding diaryl/α,β-unsaturated/α-hetero) is 1. The van der Waals surface area contributed by atoms with Crippen LogP contribution in [0.4, 0.5) is 0 Å². The molecule has 5 heteroatoms. The zero-order valence-corrected chi connectivity index (χ0v) is 18.7. The molecule has 0 saturated heterocycles. The zero-order valence-electron chi connectivity index (χ0n) is 18.7. The summed E-state index contributed by atoms with van der Waals surface area (Å²) < 4.78 is 16.5. The van der Waals surface area contributed by atoms with Crippen LogP contribution in [0.1, 0.15) is 49.4 Å². The van der Waals surface area contributed by atoms with Crippen molar-refractivity contribution < 1.29 is 19.0 Å². The van der Waals surface area contributed by atoms with Gasteiger partial charge in [0.1, 0.15) is 11.5 Å². The van der Waals surface area contributed by atoms with Crippen molar-refractivity contribution in [1.29, 1.82) is 0 Å². The van der Waals surface area contributed by atoms with Crippen molar-refractivity contribution in [1.82, 2.24) is 4.98 Å². The standard InChI is InChI=1S/C27H27NO4/c1-17(2)18-7-9-23(30-3)21(13-18)22-6-4-5-20(28-22)15-26(29)27(11-12-27)19-8-10-24-25(14-19)32-16-31-24/h4-10,13-14,17H,11-12,15-16H2,1-3H3. The molecule has 164 valence electrons. The molecule has 2 aliphatic rings. The summed E-state index contributed by atoms with van der Waals surface area (Å²) in [6.07, 6.45) is 2.01. The van der Waals surface area contributed by atoms with Crippen molar-refractivity contribution in [2.75, 3.05) is 13.9 Å². The summed E-state index contributed by atoms with van der Waals surface area (Å²) in [7, 11) is 1.67. The average Bonchev–Trinajstić information content (AvgIpc) is 3.49. The normalized spacial score (nSPS) is 15.6. The molecule has 0 radical (unpaired) electrons. The van der Waals surface area contributed by atoms with E-state index in [-0.39, 0.29) is 12.6 Å². The molecule has 0 bridgehead atoms. The van der Waals surface area contributed by atoms with Crippen LogP contribution in [0.3, 0.4) is 0 Å². The number of nitrogens with zero attached hydrogens (tertiary/aromatic N) is 1. The van der Waals surface area contributed by atoms with Crippen molar-refractivity contribution in [3.05, 3.63) is 71.4 Å². The van der Waals surface area contributed by atoms with Crippen LogP contribution in [0.5, 0.6) is 17.2 Å².